The predicted molar refractivity (Wildman–Crippen MR) is 125 cm³/mol. The molecule has 2 aromatic carbocycles. The summed E-state index contributed by atoms with van der Waals surface area (Å²) in [5, 5.41) is 3.86. The fraction of sp³-hybridized carbons (Fsp3) is 0.348. The zero-order valence-corrected chi connectivity index (χ0v) is 20.1. The minimum atomic E-state index is -3.72. The highest BCUT2D eigenvalue weighted by molar-refractivity contribution is 7.89. The Balaban J connectivity index is 1.87. The second kappa shape index (κ2) is 9.94. The Bertz CT molecular complexity index is 1220. The molecule has 0 spiro atoms. The number of hydrogen-bond acceptors (Lipinski definition) is 5. The van der Waals surface area contributed by atoms with Gasteiger partial charge in [0, 0.05) is 18.5 Å². The summed E-state index contributed by atoms with van der Waals surface area (Å²) in [5.41, 5.74) is 0.689. The summed E-state index contributed by atoms with van der Waals surface area (Å²) < 4.78 is 38.5. The minimum absolute atomic E-state index is 0.0218. The SMILES string of the molecule is CCOc1cccc2cc(C(C)NC(=O)c3cc(S(=O)(=O)N(CC)CC)ccc3Cl)oc12. The number of sulfonamides is 1. The highest BCUT2D eigenvalue weighted by Crippen LogP contribution is 2.31. The molecule has 1 aromatic heterocycles. The quantitative estimate of drug-likeness (QED) is 0.467. The molecule has 0 saturated heterocycles. The van der Waals surface area contributed by atoms with Crippen LogP contribution in [0.1, 0.15) is 49.9 Å². The number of fused-ring (bicyclic) bond motifs is 1. The zero-order chi connectivity index (χ0) is 23.5. The van der Waals surface area contributed by atoms with Crippen LogP contribution in [0.5, 0.6) is 5.75 Å². The normalized spacial score (nSPS) is 12.8. The van der Waals surface area contributed by atoms with Crippen molar-refractivity contribution >= 4 is 38.5 Å². The van der Waals surface area contributed by atoms with Gasteiger partial charge < -0.3 is 14.5 Å². The van der Waals surface area contributed by atoms with Crippen molar-refractivity contribution in [2.24, 2.45) is 0 Å². The van der Waals surface area contributed by atoms with Gasteiger partial charge in [0.2, 0.25) is 10.0 Å². The maximum atomic E-state index is 13.0. The van der Waals surface area contributed by atoms with Crippen LogP contribution in [0, 0.1) is 0 Å². The number of furan rings is 1. The average Bonchev–Trinajstić information content (AvgIpc) is 3.20. The van der Waals surface area contributed by atoms with Crippen LogP contribution in [0.25, 0.3) is 11.0 Å². The number of nitrogens with zero attached hydrogens (tertiary/aromatic N) is 1. The van der Waals surface area contributed by atoms with Crippen molar-refractivity contribution in [3.05, 3.63) is 58.8 Å². The largest absolute Gasteiger partial charge is 0.490 e. The van der Waals surface area contributed by atoms with Crippen LogP contribution < -0.4 is 10.1 Å². The first-order chi connectivity index (χ1) is 15.2. The molecule has 0 aliphatic heterocycles. The average molecular weight is 479 g/mol. The molecule has 0 bridgehead atoms. The number of halogens is 1. The van der Waals surface area contributed by atoms with Crippen LogP contribution in [-0.4, -0.2) is 38.3 Å². The molecule has 1 atom stereocenters. The van der Waals surface area contributed by atoms with Gasteiger partial charge in [-0.3, -0.25) is 4.79 Å². The van der Waals surface area contributed by atoms with E-state index in [4.69, 9.17) is 20.8 Å². The fourth-order valence-electron chi connectivity index (χ4n) is 3.44. The summed E-state index contributed by atoms with van der Waals surface area (Å²) in [7, 11) is -3.72. The third-order valence-corrected chi connectivity index (χ3v) is 7.50. The van der Waals surface area contributed by atoms with Gasteiger partial charge in [0.15, 0.2) is 11.3 Å². The van der Waals surface area contributed by atoms with E-state index in [0.717, 1.165) is 5.39 Å². The zero-order valence-electron chi connectivity index (χ0n) is 18.5. The van der Waals surface area contributed by atoms with Crippen molar-refractivity contribution in [1.82, 2.24) is 9.62 Å². The van der Waals surface area contributed by atoms with Crippen LogP contribution in [0.3, 0.4) is 0 Å². The summed E-state index contributed by atoms with van der Waals surface area (Å²) >= 11 is 6.23. The van der Waals surface area contributed by atoms with Crippen molar-refractivity contribution < 1.29 is 22.4 Å². The van der Waals surface area contributed by atoms with Crippen LogP contribution in [0.15, 0.2) is 51.8 Å². The standard InChI is InChI=1S/C23H27ClN2O5S/c1-5-26(6-2)32(28,29)17-11-12-19(24)18(14-17)23(27)25-15(4)21-13-16-9-8-10-20(30-7-3)22(16)31-21/h8-15H,5-7H2,1-4H3,(H,25,27). The number of hydrogen-bond donors (Lipinski definition) is 1. The smallest absolute Gasteiger partial charge is 0.253 e. The van der Waals surface area contributed by atoms with Crippen LogP contribution in [0.2, 0.25) is 5.02 Å². The van der Waals surface area contributed by atoms with Gasteiger partial charge in [-0.15, -0.1) is 0 Å². The Labute approximate surface area is 193 Å². The molecule has 32 heavy (non-hydrogen) atoms. The van der Waals surface area contributed by atoms with Crippen LogP contribution in [0.4, 0.5) is 0 Å². The molecule has 1 N–H and O–H groups in total. The lowest BCUT2D eigenvalue weighted by molar-refractivity contribution is 0.0935. The van der Waals surface area contributed by atoms with E-state index in [-0.39, 0.29) is 15.5 Å². The Morgan fingerprint density at radius 3 is 2.53 bits per heavy atom. The van der Waals surface area contributed by atoms with Gasteiger partial charge in [-0.05, 0) is 44.2 Å². The van der Waals surface area contributed by atoms with Gasteiger partial charge in [-0.1, -0.05) is 37.6 Å². The number of nitrogens with one attached hydrogen (secondary N) is 1. The summed E-state index contributed by atoms with van der Waals surface area (Å²) in [4.78, 5) is 13.0. The lowest BCUT2D eigenvalue weighted by Gasteiger charge is -2.19. The van der Waals surface area contributed by atoms with E-state index in [1.165, 1.54) is 22.5 Å². The Morgan fingerprint density at radius 2 is 1.88 bits per heavy atom. The van der Waals surface area contributed by atoms with E-state index in [1.807, 2.05) is 31.2 Å². The summed E-state index contributed by atoms with van der Waals surface area (Å²) in [6.07, 6.45) is 0. The first-order valence-corrected chi connectivity index (χ1v) is 12.3. The van der Waals surface area contributed by atoms with Crippen molar-refractivity contribution in [2.75, 3.05) is 19.7 Å². The lowest BCUT2D eigenvalue weighted by Crippen LogP contribution is -2.31. The molecule has 0 radical (unpaired) electrons. The molecule has 1 amide bonds. The molecule has 1 heterocycles. The number of ether oxygens (including phenoxy) is 1. The third kappa shape index (κ3) is 4.77. The molecule has 0 fully saturated rings. The van der Waals surface area contributed by atoms with E-state index in [9.17, 15) is 13.2 Å². The van der Waals surface area contributed by atoms with Gasteiger partial charge in [0.1, 0.15) is 5.76 Å². The van der Waals surface area contributed by atoms with E-state index in [1.54, 1.807) is 20.8 Å². The maximum absolute atomic E-state index is 13.0. The van der Waals surface area contributed by atoms with Crippen LogP contribution in [-0.2, 0) is 10.0 Å². The van der Waals surface area contributed by atoms with E-state index in [0.29, 0.717) is 36.8 Å². The Morgan fingerprint density at radius 1 is 1.16 bits per heavy atom. The van der Waals surface area contributed by atoms with Crippen molar-refractivity contribution in [1.29, 1.82) is 0 Å². The number of carbonyl (C=O) groups is 1. The number of amides is 1. The second-order valence-electron chi connectivity index (χ2n) is 7.18. The molecule has 0 saturated carbocycles. The highest BCUT2D eigenvalue weighted by Gasteiger charge is 2.25. The van der Waals surface area contributed by atoms with E-state index >= 15 is 0 Å². The summed E-state index contributed by atoms with van der Waals surface area (Å²) in [5.74, 6) is 0.681. The van der Waals surface area contributed by atoms with E-state index in [2.05, 4.69) is 5.32 Å². The fourth-order valence-corrected chi connectivity index (χ4v) is 5.12. The highest BCUT2D eigenvalue weighted by atomic mass is 35.5. The minimum Gasteiger partial charge on any atom is -0.490 e. The van der Waals surface area contributed by atoms with Gasteiger partial charge in [-0.2, -0.15) is 4.31 Å². The second-order valence-corrected chi connectivity index (χ2v) is 9.53. The lowest BCUT2D eigenvalue weighted by atomic mass is 10.1. The maximum Gasteiger partial charge on any atom is 0.253 e. The van der Waals surface area contributed by atoms with Crippen molar-refractivity contribution in [2.45, 2.75) is 38.6 Å². The molecule has 0 aliphatic carbocycles. The molecule has 172 valence electrons. The third-order valence-electron chi connectivity index (χ3n) is 5.13. The van der Waals surface area contributed by atoms with Crippen LogP contribution >= 0.6 is 11.6 Å². The molecular weight excluding hydrogens is 452 g/mol. The first-order valence-electron chi connectivity index (χ1n) is 10.5. The monoisotopic (exact) mass is 478 g/mol. The van der Waals surface area contributed by atoms with Gasteiger partial charge in [-0.25, -0.2) is 8.42 Å². The van der Waals surface area contributed by atoms with Crippen molar-refractivity contribution in [3.63, 3.8) is 0 Å². The van der Waals surface area contributed by atoms with Crippen molar-refractivity contribution in [3.8, 4) is 5.75 Å². The number of benzene rings is 2. The Hall–Kier alpha value is -2.55. The van der Waals surface area contributed by atoms with Gasteiger partial charge >= 0.3 is 0 Å². The molecule has 3 rings (SSSR count). The van der Waals surface area contributed by atoms with Gasteiger partial charge in [0.25, 0.3) is 5.91 Å². The molecular formula is C23H27ClN2O5S. The predicted octanol–water partition coefficient (Wildman–Crippen LogP) is 5.01. The number of carbonyl (C=O) groups excluding carboxylic acids is 1. The molecule has 0 aliphatic rings. The molecule has 3 aromatic rings. The van der Waals surface area contributed by atoms with Gasteiger partial charge in [0.05, 0.1) is 28.1 Å². The molecule has 1 unspecified atom stereocenters. The summed E-state index contributed by atoms with van der Waals surface area (Å²) in [6.45, 7) is 8.36. The number of para-hydroxylation sites is 1. The Kier molecular flexibility index (Phi) is 7.48. The van der Waals surface area contributed by atoms with E-state index < -0.39 is 22.0 Å². The summed E-state index contributed by atoms with van der Waals surface area (Å²) in [6, 6.07) is 11.1. The number of rotatable bonds is 9. The topological polar surface area (TPSA) is 88.8 Å². The molecule has 9 heteroatoms. The molecule has 7 nitrogen and oxygen atoms in total. The first kappa shape index (κ1) is 24.1.